The Kier molecular flexibility index (Phi) is 4.84. The smallest absolute Gasteiger partial charge is 0.341 e. The van der Waals surface area contributed by atoms with Crippen molar-refractivity contribution >= 4 is 17.4 Å². The number of nitrogens with one attached hydrogen (secondary N) is 1. The first-order valence-electron chi connectivity index (χ1n) is 7.83. The first-order valence-corrected chi connectivity index (χ1v) is 7.83. The Bertz CT molecular complexity index is 916. The van der Waals surface area contributed by atoms with E-state index in [1.165, 1.54) is 31.4 Å². The number of methoxy groups -OCH3 is 1. The van der Waals surface area contributed by atoms with Crippen molar-refractivity contribution in [3.05, 3.63) is 83.4 Å². The molecule has 0 unspecified atom stereocenters. The number of carbonyl (C=O) groups excluding carboxylic acids is 2. The Labute approximate surface area is 149 Å². The summed E-state index contributed by atoms with van der Waals surface area (Å²) in [6.07, 6.45) is 0. The fourth-order valence-electron chi connectivity index (χ4n) is 2.70. The normalized spacial score (nSPS) is 13.6. The van der Waals surface area contributed by atoms with Gasteiger partial charge in [0, 0.05) is 5.57 Å². The third kappa shape index (κ3) is 3.35. The standard InChI is InChI=1S/C20H16FNO4/c1-12-18(13-7-9-14(21)10-8-13)16(20(24)26-12)11-22-19(23)15-5-3-4-6-17(15)25-2/h3-10H,1,11H2,2H3,(H,22,23). The Balaban J connectivity index is 1.86. The predicted molar refractivity (Wildman–Crippen MR) is 93.9 cm³/mol. The van der Waals surface area contributed by atoms with Crippen LogP contribution in [0.5, 0.6) is 5.75 Å². The number of esters is 1. The highest BCUT2D eigenvalue weighted by Gasteiger charge is 2.30. The Morgan fingerprint density at radius 3 is 2.58 bits per heavy atom. The van der Waals surface area contributed by atoms with Crippen LogP contribution < -0.4 is 10.1 Å². The molecule has 0 saturated heterocycles. The number of rotatable bonds is 5. The number of para-hydroxylation sites is 1. The summed E-state index contributed by atoms with van der Waals surface area (Å²) in [5, 5.41) is 2.68. The van der Waals surface area contributed by atoms with Crippen LogP contribution in [-0.2, 0) is 9.53 Å². The molecule has 0 spiro atoms. The summed E-state index contributed by atoms with van der Waals surface area (Å²) in [6, 6.07) is 12.4. The van der Waals surface area contributed by atoms with Gasteiger partial charge in [0.25, 0.3) is 5.91 Å². The van der Waals surface area contributed by atoms with E-state index < -0.39 is 17.7 Å². The highest BCUT2D eigenvalue weighted by Crippen LogP contribution is 2.33. The maximum Gasteiger partial charge on any atom is 0.341 e. The summed E-state index contributed by atoms with van der Waals surface area (Å²) in [6.45, 7) is 3.67. The summed E-state index contributed by atoms with van der Waals surface area (Å²) in [5.41, 5.74) is 1.65. The molecule has 1 amide bonds. The van der Waals surface area contributed by atoms with Gasteiger partial charge in [-0.25, -0.2) is 9.18 Å². The first kappa shape index (κ1) is 17.4. The molecule has 3 rings (SSSR count). The Hall–Kier alpha value is -3.41. The van der Waals surface area contributed by atoms with E-state index in [4.69, 9.17) is 9.47 Å². The zero-order chi connectivity index (χ0) is 18.7. The van der Waals surface area contributed by atoms with E-state index in [0.29, 0.717) is 22.4 Å². The van der Waals surface area contributed by atoms with Crippen molar-refractivity contribution in [3.63, 3.8) is 0 Å². The maximum absolute atomic E-state index is 13.2. The fraction of sp³-hybridized carbons (Fsp3) is 0.100. The van der Waals surface area contributed by atoms with Crippen molar-refractivity contribution in [1.82, 2.24) is 5.32 Å². The molecule has 6 heteroatoms. The maximum atomic E-state index is 13.2. The molecule has 1 aliphatic rings. The summed E-state index contributed by atoms with van der Waals surface area (Å²) in [7, 11) is 1.47. The second-order valence-corrected chi connectivity index (χ2v) is 5.56. The van der Waals surface area contributed by atoms with E-state index in [1.54, 1.807) is 24.3 Å². The Morgan fingerprint density at radius 1 is 1.19 bits per heavy atom. The van der Waals surface area contributed by atoms with E-state index in [0.717, 1.165) is 0 Å². The van der Waals surface area contributed by atoms with E-state index in [-0.39, 0.29) is 17.9 Å². The number of halogens is 1. The molecule has 132 valence electrons. The van der Waals surface area contributed by atoms with Crippen LogP contribution in [0.3, 0.4) is 0 Å². The number of benzene rings is 2. The number of amides is 1. The van der Waals surface area contributed by atoms with Crippen LogP contribution in [0.2, 0.25) is 0 Å². The van der Waals surface area contributed by atoms with Crippen molar-refractivity contribution in [2.75, 3.05) is 13.7 Å². The second-order valence-electron chi connectivity index (χ2n) is 5.56. The van der Waals surface area contributed by atoms with Gasteiger partial charge in [-0.05, 0) is 29.8 Å². The van der Waals surface area contributed by atoms with Crippen molar-refractivity contribution < 1.29 is 23.5 Å². The Morgan fingerprint density at radius 2 is 1.88 bits per heavy atom. The first-order chi connectivity index (χ1) is 12.5. The van der Waals surface area contributed by atoms with Crippen LogP contribution in [0.1, 0.15) is 15.9 Å². The average molecular weight is 353 g/mol. The lowest BCUT2D eigenvalue weighted by atomic mass is 10.00. The van der Waals surface area contributed by atoms with Gasteiger partial charge in [0.05, 0.1) is 24.8 Å². The van der Waals surface area contributed by atoms with E-state index in [1.807, 2.05) is 0 Å². The summed E-state index contributed by atoms with van der Waals surface area (Å²) >= 11 is 0. The van der Waals surface area contributed by atoms with Crippen molar-refractivity contribution in [1.29, 1.82) is 0 Å². The zero-order valence-electron chi connectivity index (χ0n) is 14.0. The van der Waals surface area contributed by atoms with Gasteiger partial charge in [0.2, 0.25) is 0 Å². The van der Waals surface area contributed by atoms with E-state index in [9.17, 15) is 14.0 Å². The molecule has 0 aromatic heterocycles. The van der Waals surface area contributed by atoms with Crippen molar-refractivity contribution in [2.45, 2.75) is 0 Å². The van der Waals surface area contributed by atoms with Crippen LogP contribution in [-0.4, -0.2) is 25.5 Å². The minimum absolute atomic E-state index is 0.0541. The third-order valence-corrected chi connectivity index (χ3v) is 3.95. The molecular formula is C20H16FNO4. The number of allylic oxidation sites excluding steroid dienone is 1. The summed E-state index contributed by atoms with van der Waals surface area (Å²) in [5.74, 6) is -0.774. The van der Waals surface area contributed by atoms with Crippen LogP contribution >= 0.6 is 0 Å². The lowest BCUT2D eigenvalue weighted by Gasteiger charge is -2.09. The number of cyclic esters (lactones) is 1. The van der Waals surface area contributed by atoms with Crippen LogP contribution in [0.4, 0.5) is 4.39 Å². The minimum Gasteiger partial charge on any atom is -0.496 e. The largest absolute Gasteiger partial charge is 0.496 e. The molecule has 2 aromatic rings. The van der Waals surface area contributed by atoms with E-state index >= 15 is 0 Å². The van der Waals surface area contributed by atoms with Gasteiger partial charge in [-0.3, -0.25) is 4.79 Å². The average Bonchev–Trinajstić information content (AvgIpc) is 2.93. The number of hydrogen-bond acceptors (Lipinski definition) is 4. The van der Waals surface area contributed by atoms with Crippen LogP contribution in [0.15, 0.2) is 66.4 Å². The van der Waals surface area contributed by atoms with Crippen LogP contribution in [0.25, 0.3) is 5.57 Å². The summed E-state index contributed by atoms with van der Waals surface area (Å²) < 4.78 is 23.4. The lowest BCUT2D eigenvalue weighted by Crippen LogP contribution is -2.27. The van der Waals surface area contributed by atoms with Gasteiger partial charge in [0.15, 0.2) is 0 Å². The molecule has 0 radical (unpaired) electrons. The molecule has 26 heavy (non-hydrogen) atoms. The van der Waals surface area contributed by atoms with Gasteiger partial charge >= 0.3 is 5.97 Å². The molecule has 0 aliphatic carbocycles. The quantitative estimate of drug-likeness (QED) is 0.839. The fourth-order valence-corrected chi connectivity index (χ4v) is 2.70. The van der Waals surface area contributed by atoms with Crippen LogP contribution in [0, 0.1) is 5.82 Å². The molecule has 5 nitrogen and oxygen atoms in total. The molecule has 1 N–H and O–H groups in total. The molecule has 1 aliphatic heterocycles. The third-order valence-electron chi connectivity index (χ3n) is 3.95. The van der Waals surface area contributed by atoms with E-state index in [2.05, 4.69) is 11.9 Å². The topological polar surface area (TPSA) is 64.6 Å². The van der Waals surface area contributed by atoms with Gasteiger partial charge in [-0.15, -0.1) is 0 Å². The van der Waals surface area contributed by atoms with Gasteiger partial charge in [0.1, 0.15) is 17.3 Å². The molecule has 0 bridgehead atoms. The monoisotopic (exact) mass is 353 g/mol. The lowest BCUT2D eigenvalue weighted by molar-refractivity contribution is -0.133. The second kappa shape index (κ2) is 7.23. The number of ether oxygens (including phenoxy) is 2. The SMILES string of the molecule is C=C1OC(=O)C(CNC(=O)c2ccccc2OC)=C1c1ccc(F)cc1. The predicted octanol–water partition coefficient (Wildman–Crippen LogP) is 3.09. The summed E-state index contributed by atoms with van der Waals surface area (Å²) in [4.78, 5) is 24.5. The molecular weight excluding hydrogens is 337 g/mol. The number of hydrogen-bond donors (Lipinski definition) is 1. The highest BCUT2D eigenvalue weighted by atomic mass is 19.1. The van der Waals surface area contributed by atoms with Gasteiger partial charge in [-0.2, -0.15) is 0 Å². The minimum atomic E-state index is -0.588. The zero-order valence-corrected chi connectivity index (χ0v) is 14.0. The molecule has 0 fully saturated rings. The molecule has 0 saturated carbocycles. The number of carbonyl (C=O) groups is 2. The van der Waals surface area contributed by atoms with Gasteiger partial charge < -0.3 is 14.8 Å². The molecule has 0 atom stereocenters. The van der Waals surface area contributed by atoms with Crippen molar-refractivity contribution in [2.24, 2.45) is 0 Å². The molecule has 2 aromatic carbocycles. The molecule has 1 heterocycles. The van der Waals surface area contributed by atoms with Gasteiger partial charge in [-0.1, -0.05) is 30.8 Å². The highest BCUT2D eigenvalue weighted by molar-refractivity contribution is 6.08. The van der Waals surface area contributed by atoms with Crippen molar-refractivity contribution in [3.8, 4) is 5.75 Å².